The summed E-state index contributed by atoms with van der Waals surface area (Å²) in [5.41, 5.74) is 2.83. The van der Waals surface area contributed by atoms with Gasteiger partial charge in [0.25, 0.3) is 0 Å². The highest BCUT2D eigenvalue weighted by atomic mass is 32.2. The molecule has 3 aromatic rings. The van der Waals surface area contributed by atoms with Crippen LogP contribution in [0.25, 0.3) is 5.65 Å². The van der Waals surface area contributed by atoms with Gasteiger partial charge in [0.1, 0.15) is 10.7 Å². The Morgan fingerprint density at radius 1 is 1.24 bits per heavy atom. The van der Waals surface area contributed by atoms with Crippen LogP contribution >= 0.6 is 0 Å². The molecule has 0 atom stereocenters. The Hall–Kier alpha value is -3.14. The molecule has 33 heavy (non-hydrogen) atoms. The Morgan fingerprint density at radius 3 is 2.61 bits per heavy atom. The van der Waals surface area contributed by atoms with Gasteiger partial charge in [-0.3, -0.25) is 0 Å². The zero-order valence-corrected chi connectivity index (χ0v) is 19.6. The Kier molecular flexibility index (Phi) is 6.29. The molecule has 1 aromatic carbocycles. The number of fused-ring (bicyclic) bond motifs is 1. The highest BCUT2D eigenvalue weighted by molar-refractivity contribution is 7.90. The van der Waals surface area contributed by atoms with E-state index < -0.39 is 15.7 Å². The van der Waals surface area contributed by atoms with Crippen molar-refractivity contribution in [3.8, 4) is 0 Å². The van der Waals surface area contributed by atoms with Crippen molar-refractivity contribution in [2.24, 2.45) is 0 Å². The second-order valence-corrected chi connectivity index (χ2v) is 10.5. The minimum atomic E-state index is -3.63. The van der Waals surface area contributed by atoms with Crippen molar-refractivity contribution in [1.29, 1.82) is 0 Å². The maximum absolute atomic E-state index is 14.3. The molecule has 0 unspecified atom stereocenters. The number of hydrogen-bond acceptors (Lipinski definition) is 6. The highest BCUT2D eigenvalue weighted by Crippen LogP contribution is 2.31. The topological polar surface area (TPSA) is 93.0 Å². The number of aromatic nitrogens is 2. The third-order valence-electron chi connectivity index (χ3n) is 5.68. The smallest absolute Gasteiger partial charge is 0.410 e. The number of benzene rings is 1. The minimum Gasteiger partial charge on any atom is -0.447 e. The molecule has 1 saturated heterocycles. The van der Waals surface area contributed by atoms with Crippen LogP contribution in [0, 0.1) is 5.82 Å². The largest absolute Gasteiger partial charge is 0.447 e. The number of pyridine rings is 1. The molecule has 1 aliphatic heterocycles. The number of halogens is 1. The first kappa shape index (κ1) is 23.0. The molecule has 8 nitrogen and oxygen atoms in total. The van der Waals surface area contributed by atoms with Gasteiger partial charge in [0.15, 0.2) is 15.5 Å². The van der Waals surface area contributed by atoms with E-state index in [4.69, 9.17) is 4.74 Å². The highest BCUT2D eigenvalue weighted by Gasteiger charge is 2.27. The summed E-state index contributed by atoms with van der Waals surface area (Å²) in [5, 5.41) is 3.14. The monoisotopic (exact) mass is 474 g/mol. The number of nitrogens with one attached hydrogen (secondary N) is 1. The van der Waals surface area contributed by atoms with Gasteiger partial charge >= 0.3 is 6.09 Å². The predicted octanol–water partition coefficient (Wildman–Crippen LogP) is 4.34. The molecular weight excluding hydrogens is 447 g/mol. The van der Waals surface area contributed by atoms with E-state index in [1.165, 1.54) is 12.1 Å². The minimum absolute atomic E-state index is 0.143. The van der Waals surface area contributed by atoms with E-state index in [1.54, 1.807) is 4.90 Å². The van der Waals surface area contributed by atoms with Crippen LogP contribution in [0.15, 0.2) is 47.6 Å². The summed E-state index contributed by atoms with van der Waals surface area (Å²) in [6.45, 7) is 4.91. The second-order valence-electron chi connectivity index (χ2n) is 8.53. The van der Waals surface area contributed by atoms with Crippen molar-refractivity contribution < 1.29 is 22.3 Å². The van der Waals surface area contributed by atoms with Crippen molar-refractivity contribution in [3.63, 3.8) is 0 Å². The number of carbonyl (C=O) groups excluding carboxylic acids is 1. The Balaban J connectivity index is 1.52. The van der Waals surface area contributed by atoms with Gasteiger partial charge in [-0.05, 0) is 57.0 Å². The third-order valence-corrected chi connectivity index (χ3v) is 6.81. The van der Waals surface area contributed by atoms with Crippen molar-refractivity contribution >= 4 is 33.0 Å². The number of anilines is 2. The summed E-state index contributed by atoms with van der Waals surface area (Å²) in [4.78, 5) is 18.1. The zero-order valence-electron chi connectivity index (χ0n) is 18.8. The third kappa shape index (κ3) is 4.95. The summed E-state index contributed by atoms with van der Waals surface area (Å²) in [6, 6.07) is 7.65. The number of likely N-dealkylation sites (tertiary alicyclic amines) is 1. The van der Waals surface area contributed by atoms with E-state index in [0.717, 1.165) is 30.9 Å². The lowest BCUT2D eigenvalue weighted by Crippen LogP contribution is -2.39. The molecule has 1 aliphatic rings. The quantitative estimate of drug-likeness (QED) is 0.591. The number of nitrogens with zero attached hydrogens (tertiary/aromatic N) is 3. The van der Waals surface area contributed by atoms with Crippen LogP contribution in [0.3, 0.4) is 0 Å². The average molecular weight is 475 g/mol. The van der Waals surface area contributed by atoms with Crippen molar-refractivity contribution in [1.82, 2.24) is 14.3 Å². The number of piperidine rings is 1. The van der Waals surface area contributed by atoms with Crippen molar-refractivity contribution in [2.75, 3.05) is 24.7 Å². The van der Waals surface area contributed by atoms with Crippen molar-refractivity contribution in [3.05, 3.63) is 54.2 Å². The fraction of sp³-hybridized carbons (Fsp3) is 0.391. The SMILES string of the molecule is CC(C)OC(=O)N1CCC(c2cnc3c(Nc4ccc(S(C)(=O)=O)c(F)c4)cccn23)CC1. The Morgan fingerprint density at radius 2 is 1.97 bits per heavy atom. The molecule has 0 spiro atoms. The van der Waals surface area contributed by atoms with Crippen molar-refractivity contribution in [2.45, 2.75) is 43.6 Å². The molecule has 1 amide bonds. The van der Waals surface area contributed by atoms with E-state index in [0.29, 0.717) is 30.1 Å². The first-order valence-corrected chi connectivity index (χ1v) is 12.7. The van der Waals surface area contributed by atoms with Gasteiger partial charge < -0.3 is 19.4 Å². The Labute approximate surface area is 192 Å². The fourth-order valence-electron chi connectivity index (χ4n) is 4.10. The molecule has 0 aliphatic carbocycles. The molecule has 1 N–H and O–H groups in total. The van der Waals surface area contributed by atoms with Crippen LogP contribution < -0.4 is 5.32 Å². The number of rotatable bonds is 5. The van der Waals surface area contributed by atoms with Crippen LogP contribution in [0.1, 0.15) is 38.3 Å². The molecular formula is C23H27FN4O4S. The number of imidazole rings is 1. The zero-order chi connectivity index (χ0) is 23.8. The van der Waals surface area contributed by atoms with Gasteiger partial charge in [0, 0.05) is 49.0 Å². The van der Waals surface area contributed by atoms with Gasteiger partial charge in [-0.15, -0.1) is 0 Å². The first-order valence-electron chi connectivity index (χ1n) is 10.8. The van der Waals surface area contributed by atoms with Gasteiger partial charge in [0.05, 0.1) is 11.8 Å². The number of sulfone groups is 1. The summed E-state index contributed by atoms with van der Waals surface area (Å²) in [7, 11) is -3.63. The lowest BCUT2D eigenvalue weighted by molar-refractivity contribution is 0.0690. The molecule has 176 valence electrons. The Bertz CT molecular complexity index is 1280. The summed E-state index contributed by atoms with van der Waals surface area (Å²) in [6.07, 6.45) is 5.92. The predicted molar refractivity (Wildman–Crippen MR) is 123 cm³/mol. The number of hydrogen-bond donors (Lipinski definition) is 1. The fourth-order valence-corrected chi connectivity index (χ4v) is 4.83. The summed E-state index contributed by atoms with van der Waals surface area (Å²) < 4.78 is 44.9. The van der Waals surface area contributed by atoms with Crippen LogP contribution in [0.5, 0.6) is 0 Å². The number of ether oxygens (including phenoxy) is 1. The van der Waals surface area contributed by atoms with E-state index in [-0.39, 0.29) is 23.0 Å². The maximum atomic E-state index is 14.3. The lowest BCUT2D eigenvalue weighted by atomic mass is 9.94. The van der Waals surface area contributed by atoms with Crippen LogP contribution in [-0.2, 0) is 14.6 Å². The molecule has 1 fully saturated rings. The summed E-state index contributed by atoms with van der Waals surface area (Å²) >= 11 is 0. The van der Waals surface area contributed by atoms with E-state index in [2.05, 4.69) is 10.3 Å². The normalized spacial score (nSPS) is 15.2. The summed E-state index contributed by atoms with van der Waals surface area (Å²) in [5.74, 6) is -0.564. The second kappa shape index (κ2) is 9.01. The van der Waals surface area contributed by atoms with E-state index >= 15 is 0 Å². The molecule has 4 rings (SSSR count). The van der Waals surface area contributed by atoms with Crippen LogP contribution in [0.2, 0.25) is 0 Å². The van der Waals surface area contributed by atoms with Gasteiger partial charge in [-0.2, -0.15) is 0 Å². The maximum Gasteiger partial charge on any atom is 0.410 e. The molecule has 3 heterocycles. The average Bonchev–Trinajstić information content (AvgIpc) is 3.18. The molecule has 0 saturated carbocycles. The number of carbonyl (C=O) groups is 1. The molecule has 0 radical (unpaired) electrons. The van der Waals surface area contributed by atoms with Crippen LogP contribution in [-0.4, -0.2) is 54.2 Å². The number of amides is 1. The van der Waals surface area contributed by atoms with E-state index in [9.17, 15) is 17.6 Å². The standard InChI is InChI=1S/C23H27FN4O4S/c1-15(2)32-23(29)27-11-8-16(9-12-27)20-14-25-22-19(5-4-10-28(20)22)26-17-6-7-21(18(24)13-17)33(3,30)31/h4-7,10,13-16,26H,8-9,11-12H2,1-3H3. The molecule has 0 bridgehead atoms. The van der Waals surface area contributed by atoms with Gasteiger partial charge in [-0.25, -0.2) is 22.6 Å². The van der Waals surface area contributed by atoms with E-state index in [1.807, 2.05) is 42.8 Å². The molecule has 10 heteroatoms. The van der Waals surface area contributed by atoms with Crippen LogP contribution in [0.4, 0.5) is 20.6 Å². The first-order chi connectivity index (χ1) is 15.6. The van der Waals surface area contributed by atoms with Gasteiger partial charge in [-0.1, -0.05) is 0 Å². The van der Waals surface area contributed by atoms with Gasteiger partial charge in [0.2, 0.25) is 0 Å². The molecule has 2 aromatic heterocycles. The lowest BCUT2D eigenvalue weighted by Gasteiger charge is -2.31.